The van der Waals surface area contributed by atoms with Gasteiger partial charge < -0.3 is 15.0 Å². The number of nitrogens with zero attached hydrogens (tertiary/aromatic N) is 1. The van der Waals surface area contributed by atoms with E-state index in [0.29, 0.717) is 17.9 Å². The molecule has 0 saturated carbocycles. The fourth-order valence-electron chi connectivity index (χ4n) is 2.25. The third-order valence-electron chi connectivity index (χ3n) is 4.44. The molecule has 0 atom stereocenters. The average Bonchev–Trinajstić information content (AvgIpc) is 2.59. The lowest BCUT2D eigenvalue weighted by Crippen LogP contribution is -2.48. The highest BCUT2D eigenvalue weighted by Crippen LogP contribution is 2.26. The van der Waals surface area contributed by atoms with Gasteiger partial charge in [0.2, 0.25) is 0 Å². The van der Waals surface area contributed by atoms with Gasteiger partial charge in [0.05, 0.1) is 12.7 Å². The molecule has 0 bridgehead atoms. The first-order valence-corrected chi connectivity index (χ1v) is 8.04. The zero-order valence-electron chi connectivity index (χ0n) is 15.1. The Kier molecular flexibility index (Phi) is 5.62. The van der Waals surface area contributed by atoms with E-state index in [1.54, 1.807) is 7.11 Å². The van der Waals surface area contributed by atoms with E-state index < -0.39 is 0 Å². The summed E-state index contributed by atoms with van der Waals surface area (Å²) in [4.78, 5) is 14.8. The van der Waals surface area contributed by atoms with Crippen LogP contribution < -0.4 is 10.1 Å². The standard InChI is InChI=1S/C20H26N2O2/c1-20(2,22(3)4)14-21-19(23)17-13-16(11-12-18(17)24-5)15-9-7-6-8-10-15/h6-13H,14H2,1-5H3,(H,21,23). The number of hydrogen-bond acceptors (Lipinski definition) is 3. The molecule has 0 aliphatic heterocycles. The number of benzene rings is 2. The second-order valence-corrected chi connectivity index (χ2v) is 6.67. The van der Waals surface area contributed by atoms with Crippen LogP contribution in [0.25, 0.3) is 11.1 Å². The van der Waals surface area contributed by atoms with Crippen LogP contribution in [0.3, 0.4) is 0 Å². The van der Waals surface area contributed by atoms with Crippen LogP contribution in [0.5, 0.6) is 5.75 Å². The van der Waals surface area contributed by atoms with E-state index in [4.69, 9.17) is 4.74 Å². The number of likely N-dealkylation sites (N-methyl/N-ethyl adjacent to an activating group) is 1. The van der Waals surface area contributed by atoms with E-state index >= 15 is 0 Å². The molecule has 0 aliphatic rings. The molecule has 0 aromatic heterocycles. The van der Waals surface area contributed by atoms with Gasteiger partial charge >= 0.3 is 0 Å². The normalized spacial score (nSPS) is 11.4. The van der Waals surface area contributed by atoms with Gasteiger partial charge in [0, 0.05) is 12.1 Å². The largest absolute Gasteiger partial charge is 0.496 e. The van der Waals surface area contributed by atoms with Crippen molar-refractivity contribution in [3.8, 4) is 16.9 Å². The molecule has 4 nitrogen and oxygen atoms in total. The van der Waals surface area contributed by atoms with Crippen molar-refractivity contribution in [3.05, 3.63) is 54.1 Å². The molecule has 1 amide bonds. The van der Waals surface area contributed by atoms with Gasteiger partial charge in [-0.3, -0.25) is 4.79 Å². The van der Waals surface area contributed by atoms with Crippen molar-refractivity contribution in [2.24, 2.45) is 0 Å². The topological polar surface area (TPSA) is 41.6 Å². The predicted octanol–water partition coefficient (Wildman–Crippen LogP) is 3.43. The van der Waals surface area contributed by atoms with E-state index in [-0.39, 0.29) is 11.4 Å². The summed E-state index contributed by atoms with van der Waals surface area (Å²) in [6.07, 6.45) is 0. The number of carbonyl (C=O) groups is 1. The fraction of sp³-hybridized carbons (Fsp3) is 0.350. The number of rotatable bonds is 6. The Morgan fingerprint density at radius 1 is 1.08 bits per heavy atom. The molecule has 1 N–H and O–H groups in total. The first kappa shape index (κ1) is 18.0. The van der Waals surface area contributed by atoms with Crippen molar-refractivity contribution in [3.63, 3.8) is 0 Å². The third-order valence-corrected chi connectivity index (χ3v) is 4.44. The summed E-state index contributed by atoms with van der Waals surface area (Å²) in [5, 5.41) is 3.01. The van der Waals surface area contributed by atoms with E-state index in [9.17, 15) is 4.79 Å². The van der Waals surface area contributed by atoms with Crippen molar-refractivity contribution >= 4 is 5.91 Å². The van der Waals surface area contributed by atoms with Gasteiger partial charge in [-0.25, -0.2) is 0 Å². The van der Waals surface area contributed by atoms with E-state index in [1.165, 1.54) is 0 Å². The van der Waals surface area contributed by atoms with Gasteiger partial charge in [0.15, 0.2) is 0 Å². The molecule has 128 valence electrons. The molecule has 0 saturated heterocycles. The molecule has 0 spiro atoms. The van der Waals surface area contributed by atoms with Crippen LogP contribution in [0.1, 0.15) is 24.2 Å². The number of methoxy groups -OCH3 is 1. The number of amides is 1. The lowest BCUT2D eigenvalue weighted by Gasteiger charge is -2.32. The Balaban J connectivity index is 2.26. The maximum absolute atomic E-state index is 12.7. The quantitative estimate of drug-likeness (QED) is 0.884. The molecular weight excluding hydrogens is 300 g/mol. The Morgan fingerprint density at radius 2 is 1.75 bits per heavy atom. The number of ether oxygens (including phenoxy) is 1. The second-order valence-electron chi connectivity index (χ2n) is 6.67. The van der Waals surface area contributed by atoms with Crippen molar-refractivity contribution in [2.75, 3.05) is 27.7 Å². The van der Waals surface area contributed by atoms with Crippen molar-refractivity contribution in [2.45, 2.75) is 19.4 Å². The van der Waals surface area contributed by atoms with Gasteiger partial charge in [-0.05, 0) is 51.2 Å². The Bertz CT molecular complexity index is 694. The minimum absolute atomic E-state index is 0.125. The van der Waals surface area contributed by atoms with E-state index in [2.05, 4.69) is 24.1 Å². The molecule has 2 rings (SSSR count). The molecule has 0 fully saturated rings. The zero-order valence-corrected chi connectivity index (χ0v) is 15.1. The zero-order chi connectivity index (χ0) is 17.7. The summed E-state index contributed by atoms with van der Waals surface area (Å²) in [7, 11) is 5.59. The molecule has 2 aromatic rings. The maximum atomic E-state index is 12.7. The van der Waals surface area contributed by atoms with Crippen LogP contribution in [-0.4, -0.2) is 44.1 Å². The second kappa shape index (κ2) is 7.49. The average molecular weight is 326 g/mol. The minimum Gasteiger partial charge on any atom is -0.496 e. The van der Waals surface area contributed by atoms with Crippen molar-refractivity contribution in [1.29, 1.82) is 0 Å². The third kappa shape index (κ3) is 4.15. The van der Waals surface area contributed by atoms with Gasteiger partial charge in [-0.1, -0.05) is 36.4 Å². The first-order valence-electron chi connectivity index (χ1n) is 8.04. The van der Waals surface area contributed by atoms with Crippen LogP contribution in [0.4, 0.5) is 0 Å². The summed E-state index contributed by atoms with van der Waals surface area (Å²) in [6, 6.07) is 15.7. The molecule has 0 heterocycles. The smallest absolute Gasteiger partial charge is 0.255 e. The van der Waals surface area contributed by atoms with Crippen LogP contribution >= 0.6 is 0 Å². The summed E-state index contributed by atoms with van der Waals surface area (Å²) in [5.74, 6) is 0.453. The lowest BCUT2D eigenvalue weighted by molar-refractivity contribution is 0.0916. The predicted molar refractivity (Wildman–Crippen MR) is 98.5 cm³/mol. The van der Waals surface area contributed by atoms with Crippen LogP contribution in [0, 0.1) is 0 Å². The number of hydrogen-bond donors (Lipinski definition) is 1. The summed E-state index contributed by atoms with van der Waals surface area (Å²) in [6.45, 7) is 4.73. The summed E-state index contributed by atoms with van der Waals surface area (Å²) in [5.41, 5.74) is 2.49. The van der Waals surface area contributed by atoms with Crippen molar-refractivity contribution in [1.82, 2.24) is 10.2 Å². The van der Waals surface area contributed by atoms with Crippen LogP contribution in [0.15, 0.2) is 48.5 Å². The molecule has 2 aromatic carbocycles. The Morgan fingerprint density at radius 3 is 2.33 bits per heavy atom. The van der Waals surface area contributed by atoms with Crippen LogP contribution in [-0.2, 0) is 0 Å². The highest BCUT2D eigenvalue weighted by molar-refractivity contribution is 5.98. The number of nitrogens with one attached hydrogen (secondary N) is 1. The Hall–Kier alpha value is -2.33. The minimum atomic E-state index is -0.125. The van der Waals surface area contributed by atoms with Gasteiger partial charge in [0.1, 0.15) is 5.75 Å². The molecule has 0 aliphatic carbocycles. The highest BCUT2D eigenvalue weighted by atomic mass is 16.5. The van der Waals surface area contributed by atoms with Crippen LogP contribution in [0.2, 0.25) is 0 Å². The van der Waals surface area contributed by atoms with E-state index in [1.807, 2.05) is 62.6 Å². The first-order chi connectivity index (χ1) is 11.3. The van der Waals surface area contributed by atoms with Gasteiger partial charge in [-0.2, -0.15) is 0 Å². The Labute approximate surface area is 144 Å². The molecule has 4 heteroatoms. The molecule has 24 heavy (non-hydrogen) atoms. The maximum Gasteiger partial charge on any atom is 0.255 e. The summed E-state index contributed by atoms with van der Waals surface area (Å²) < 4.78 is 5.37. The fourth-order valence-corrected chi connectivity index (χ4v) is 2.25. The van der Waals surface area contributed by atoms with E-state index in [0.717, 1.165) is 11.1 Å². The van der Waals surface area contributed by atoms with Gasteiger partial charge in [-0.15, -0.1) is 0 Å². The monoisotopic (exact) mass is 326 g/mol. The summed E-state index contributed by atoms with van der Waals surface area (Å²) >= 11 is 0. The molecule has 0 unspecified atom stereocenters. The number of carbonyl (C=O) groups excluding carboxylic acids is 1. The van der Waals surface area contributed by atoms with Gasteiger partial charge in [0.25, 0.3) is 5.91 Å². The molecular formula is C20H26N2O2. The molecule has 0 radical (unpaired) electrons. The SMILES string of the molecule is COc1ccc(-c2ccccc2)cc1C(=O)NCC(C)(C)N(C)C. The lowest BCUT2D eigenvalue weighted by atomic mass is 10.0. The highest BCUT2D eigenvalue weighted by Gasteiger charge is 2.22. The van der Waals surface area contributed by atoms with Crippen molar-refractivity contribution < 1.29 is 9.53 Å².